The molecule has 1 amide bonds. The molecule has 1 aromatic carbocycles. The molecule has 1 N–H and O–H groups in total. The number of carbonyl (C=O) groups is 2. The van der Waals surface area contributed by atoms with Crippen molar-refractivity contribution in [2.24, 2.45) is 0 Å². The quantitative estimate of drug-likeness (QED) is 0.888. The minimum atomic E-state index is -1.38. The minimum Gasteiger partial charge on any atom is -0.479 e. The highest BCUT2D eigenvalue weighted by Gasteiger charge is 2.40. The molecule has 104 valence electrons. The SMILES string of the molecule is CCN(C(C)=O)C(C)(Cc1cccc(F)c1)C(=O)O. The van der Waals surface area contributed by atoms with Crippen LogP contribution < -0.4 is 0 Å². The Balaban J connectivity index is 3.13. The van der Waals surface area contributed by atoms with Crippen LogP contribution in [0.2, 0.25) is 0 Å². The van der Waals surface area contributed by atoms with Crippen LogP contribution >= 0.6 is 0 Å². The van der Waals surface area contributed by atoms with Gasteiger partial charge < -0.3 is 10.0 Å². The third-order valence-corrected chi connectivity index (χ3v) is 3.19. The van der Waals surface area contributed by atoms with Gasteiger partial charge in [0, 0.05) is 19.9 Å². The van der Waals surface area contributed by atoms with Crippen LogP contribution in [-0.4, -0.2) is 34.0 Å². The number of hydrogen-bond acceptors (Lipinski definition) is 2. The van der Waals surface area contributed by atoms with E-state index in [4.69, 9.17) is 0 Å². The molecule has 0 bridgehead atoms. The van der Waals surface area contributed by atoms with E-state index in [0.717, 1.165) is 0 Å². The van der Waals surface area contributed by atoms with Gasteiger partial charge in [-0.3, -0.25) is 4.79 Å². The molecule has 5 heteroatoms. The highest BCUT2D eigenvalue weighted by Crippen LogP contribution is 2.22. The second-order valence-electron chi connectivity index (χ2n) is 4.65. The number of hydrogen-bond donors (Lipinski definition) is 1. The van der Waals surface area contributed by atoms with E-state index < -0.39 is 17.3 Å². The number of amides is 1. The third-order valence-electron chi connectivity index (χ3n) is 3.19. The van der Waals surface area contributed by atoms with Gasteiger partial charge in [-0.25, -0.2) is 9.18 Å². The van der Waals surface area contributed by atoms with Crippen molar-refractivity contribution in [2.75, 3.05) is 6.54 Å². The van der Waals surface area contributed by atoms with Crippen molar-refractivity contribution in [1.29, 1.82) is 0 Å². The van der Waals surface area contributed by atoms with Crippen molar-refractivity contribution in [3.05, 3.63) is 35.6 Å². The summed E-state index contributed by atoms with van der Waals surface area (Å²) in [6.45, 7) is 4.81. The summed E-state index contributed by atoms with van der Waals surface area (Å²) in [5, 5.41) is 9.43. The van der Waals surface area contributed by atoms with E-state index in [1.54, 1.807) is 13.0 Å². The summed E-state index contributed by atoms with van der Waals surface area (Å²) in [4.78, 5) is 24.4. The molecular formula is C14H18FNO3. The van der Waals surface area contributed by atoms with Gasteiger partial charge >= 0.3 is 5.97 Å². The average molecular weight is 267 g/mol. The molecule has 1 atom stereocenters. The summed E-state index contributed by atoms with van der Waals surface area (Å²) in [5.41, 5.74) is -0.835. The second kappa shape index (κ2) is 5.82. The molecule has 0 spiro atoms. The van der Waals surface area contributed by atoms with Crippen molar-refractivity contribution in [3.63, 3.8) is 0 Å². The van der Waals surface area contributed by atoms with Gasteiger partial charge in [-0.15, -0.1) is 0 Å². The van der Waals surface area contributed by atoms with Crippen LogP contribution in [-0.2, 0) is 16.0 Å². The fraction of sp³-hybridized carbons (Fsp3) is 0.429. The normalized spacial score (nSPS) is 13.7. The van der Waals surface area contributed by atoms with Gasteiger partial charge in [0.25, 0.3) is 0 Å². The first-order chi connectivity index (χ1) is 8.81. The van der Waals surface area contributed by atoms with Crippen molar-refractivity contribution in [3.8, 4) is 0 Å². The van der Waals surface area contributed by atoms with Crippen molar-refractivity contribution >= 4 is 11.9 Å². The van der Waals surface area contributed by atoms with Gasteiger partial charge in [0.15, 0.2) is 0 Å². The van der Waals surface area contributed by atoms with Crippen molar-refractivity contribution < 1.29 is 19.1 Å². The number of nitrogens with zero attached hydrogens (tertiary/aromatic N) is 1. The highest BCUT2D eigenvalue weighted by atomic mass is 19.1. The number of carboxylic acid groups (broad SMARTS) is 1. The number of aliphatic carboxylic acids is 1. The third kappa shape index (κ3) is 3.30. The number of carbonyl (C=O) groups excluding carboxylic acids is 1. The molecule has 0 radical (unpaired) electrons. The predicted octanol–water partition coefficient (Wildman–Crippen LogP) is 2.08. The smallest absolute Gasteiger partial charge is 0.329 e. The number of benzene rings is 1. The fourth-order valence-electron chi connectivity index (χ4n) is 2.25. The van der Waals surface area contributed by atoms with Gasteiger partial charge in [0.1, 0.15) is 11.4 Å². The number of rotatable bonds is 5. The molecule has 0 aliphatic rings. The molecule has 19 heavy (non-hydrogen) atoms. The van der Waals surface area contributed by atoms with E-state index in [0.29, 0.717) is 5.56 Å². The molecule has 1 rings (SSSR count). The second-order valence-corrected chi connectivity index (χ2v) is 4.65. The Morgan fingerprint density at radius 1 is 1.42 bits per heavy atom. The largest absolute Gasteiger partial charge is 0.479 e. The molecule has 0 aliphatic carbocycles. The summed E-state index contributed by atoms with van der Waals surface area (Å²) >= 11 is 0. The van der Waals surface area contributed by atoms with Crippen LogP contribution in [0, 0.1) is 5.82 Å². The molecule has 4 nitrogen and oxygen atoms in total. The molecule has 0 fully saturated rings. The lowest BCUT2D eigenvalue weighted by molar-refractivity contribution is -0.157. The first-order valence-corrected chi connectivity index (χ1v) is 6.07. The van der Waals surface area contributed by atoms with Gasteiger partial charge in [0.05, 0.1) is 0 Å². The Hall–Kier alpha value is -1.91. The molecule has 0 saturated carbocycles. The number of carboxylic acids is 1. The maximum Gasteiger partial charge on any atom is 0.329 e. The van der Waals surface area contributed by atoms with Crippen LogP contribution in [0.4, 0.5) is 4.39 Å². The minimum absolute atomic E-state index is 0.0630. The van der Waals surface area contributed by atoms with Gasteiger partial charge in [-0.2, -0.15) is 0 Å². The highest BCUT2D eigenvalue weighted by molar-refractivity contribution is 5.86. The summed E-state index contributed by atoms with van der Waals surface area (Å²) in [6.07, 6.45) is 0.0630. The van der Waals surface area contributed by atoms with Gasteiger partial charge in [-0.05, 0) is 31.5 Å². The zero-order chi connectivity index (χ0) is 14.6. The maximum atomic E-state index is 13.2. The Bertz CT molecular complexity index is 489. The van der Waals surface area contributed by atoms with Gasteiger partial charge in [0.2, 0.25) is 5.91 Å². The molecule has 0 aliphatic heterocycles. The zero-order valence-electron chi connectivity index (χ0n) is 11.3. The number of halogens is 1. The molecule has 1 aromatic rings. The lowest BCUT2D eigenvalue weighted by Crippen LogP contribution is -2.55. The van der Waals surface area contributed by atoms with Crippen LogP contribution in [0.3, 0.4) is 0 Å². The monoisotopic (exact) mass is 267 g/mol. The Morgan fingerprint density at radius 2 is 2.05 bits per heavy atom. The summed E-state index contributed by atoms with van der Waals surface area (Å²) < 4.78 is 13.2. The van der Waals surface area contributed by atoms with E-state index >= 15 is 0 Å². The number of likely N-dealkylation sites (N-methyl/N-ethyl adjacent to an activating group) is 1. The zero-order valence-corrected chi connectivity index (χ0v) is 11.3. The van der Waals surface area contributed by atoms with Crippen LogP contribution in [0.1, 0.15) is 26.3 Å². The van der Waals surface area contributed by atoms with Crippen molar-refractivity contribution in [1.82, 2.24) is 4.90 Å². The van der Waals surface area contributed by atoms with E-state index in [2.05, 4.69) is 0 Å². The van der Waals surface area contributed by atoms with Crippen LogP contribution in [0.5, 0.6) is 0 Å². The van der Waals surface area contributed by atoms with Crippen LogP contribution in [0.25, 0.3) is 0 Å². The van der Waals surface area contributed by atoms with Crippen LogP contribution in [0.15, 0.2) is 24.3 Å². The lowest BCUT2D eigenvalue weighted by atomic mass is 9.90. The summed E-state index contributed by atoms with van der Waals surface area (Å²) in [5.74, 6) is -1.84. The molecule has 0 aromatic heterocycles. The fourth-order valence-corrected chi connectivity index (χ4v) is 2.25. The van der Waals surface area contributed by atoms with Gasteiger partial charge in [-0.1, -0.05) is 12.1 Å². The molecular weight excluding hydrogens is 249 g/mol. The first-order valence-electron chi connectivity index (χ1n) is 6.07. The first kappa shape index (κ1) is 15.1. The van der Waals surface area contributed by atoms with E-state index in [9.17, 15) is 19.1 Å². The standard InChI is InChI=1S/C14H18FNO3/c1-4-16(10(2)17)14(3,13(18)19)9-11-6-5-7-12(15)8-11/h5-8H,4,9H2,1-3H3,(H,18,19). The van der Waals surface area contributed by atoms with E-state index in [1.807, 2.05) is 0 Å². The topological polar surface area (TPSA) is 57.6 Å². The molecule has 0 heterocycles. The Labute approximate surface area is 111 Å². The van der Waals surface area contributed by atoms with E-state index in [1.165, 1.54) is 36.9 Å². The predicted molar refractivity (Wildman–Crippen MR) is 69.2 cm³/mol. The average Bonchev–Trinajstić information content (AvgIpc) is 2.28. The molecule has 1 unspecified atom stereocenters. The lowest BCUT2D eigenvalue weighted by Gasteiger charge is -2.36. The maximum absolute atomic E-state index is 13.2. The Morgan fingerprint density at radius 3 is 2.47 bits per heavy atom. The molecule has 0 saturated heterocycles. The summed E-state index contributed by atoms with van der Waals surface area (Å²) in [6, 6.07) is 5.76. The Kier molecular flexibility index (Phi) is 4.64. The summed E-state index contributed by atoms with van der Waals surface area (Å²) in [7, 11) is 0. The van der Waals surface area contributed by atoms with Crippen molar-refractivity contribution in [2.45, 2.75) is 32.7 Å². The van der Waals surface area contributed by atoms with E-state index in [-0.39, 0.29) is 18.9 Å².